The standard InChI is InChI=1S/C18H20N2O6S2/c21-7-5-19-17(25)13-9-11(23)1-3-15(13)27-28-16-4-2-12(24)10-14(16)18(26)20-6-8-22/h1-4,9-10,21-24H,5-8H2,(H,19,25)(H,20,26). The summed E-state index contributed by atoms with van der Waals surface area (Å²) in [5.41, 5.74) is 0.465. The lowest BCUT2D eigenvalue weighted by molar-refractivity contribution is 0.0934. The van der Waals surface area contributed by atoms with Gasteiger partial charge in [-0.15, -0.1) is 0 Å². The molecule has 150 valence electrons. The second-order valence-electron chi connectivity index (χ2n) is 5.49. The van der Waals surface area contributed by atoms with Gasteiger partial charge in [-0.1, -0.05) is 21.6 Å². The summed E-state index contributed by atoms with van der Waals surface area (Å²) in [6, 6.07) is 8.68. The second kappa shape index (κ2) is 10.8. The molecule has 0 saturated carbocycles. The molecule has 0 atom stereocenters. The minimum atomic E-state index is -0.445. The van der Waals surface area contributed by atoms with Gasteiger partial charge < -0.3 is 31.1 Å². The molecule has 0 aromatic heterocycles. The van der Waals surface area contributed by atoms with Gasteiger partial charge in [0.15, 0.2) is 0 Å². The highest BCUT2D eigenvalue weighted by atomic mass is 33.1. The van der Waals surface area contributed by atoms with Gasteiger partial charge in [-0.2, -0.15) is 0 Å². The molecule has 0 unspecified atom stereocenters. The number of aromatic hydroxyl groups is 2. The van der Waals surface area contributed by atoms with Crippen LogP contribution in [0.4, 0.5) is 0 Å². The maximum absolute atomic E-state index is 12.2. The molecule has 0 radical (unpaired) electrons. The summed E-state index contributed by atoms with van der Waals surface area (Å²) in [7, 11) is 2.41. The van der Waals surface area contributed by atoms with Gasteiger partial charge >= 0.3 is 0 Å². The Labute approximate surface area is 169 Å². The van der Waals surface area contributed by atoms with Gasteiger partial charge in [-0.3, -0.25) is 9.59 Å². The topological polar surface area (TPSA) is 139 Å². The van der Waals surface area contributed by atoms with Gasteiger partial charge in [-0.25, -0.2) is 0 Å². The Hall–Kier alpha value is -2.40. The number of carbonyl (C=O) groups is 2. The zero-order chi connectivity index (χ0) is 20.5. The largest absolute Gasteiger partial charge is 0.508 e. The molecule has 0 aliphatic heterocycles. The summed E-state index contributed by atoms with van der Waals surface area (Å²) in [5.74, 6) is -1.03. The fourth-order valence-electron chi connectivity index (χ4n) is 2.16. The fourth-order valence-corrected chi connectivity index (χ4v) is 4.48. The van der Waals surface area contributed by atoms with E-state index in [-0.39, 0.29) is 48.9 Å². The van der Waals surface area contributed by atoms with E-state index >= 15 is 0 Å². The molecule has 0 aliphatic rings. The van der Waals surface area contributed by atoms with E-state index in [0.717, 1.165) is 0 Å². The Morgan fingerprint density at radius 3 is 1.50 bits per heavy atom. The monoisotopic (exact) mass is 424 g/mol. The molecule has 6 N–H and O–H groups in total. The molecule has 2 rings (SSSR count). The Morgan fingerprint density at radius 1 is 0.750 bits per heavy atom. The van der Waals surface area contributed by atoms with E-state index in [1.54, 1.807) is 12.1 Å². The van der Waals surface area contributed by atoms with Crippen LogP contribution in [0, 0.1) is 0 Å². The van der Waals surface area contributed by atoms with Crippen LogP contribution >= 0.6 is 21.6 Å². The number of rotatable bonds is 9. The normalized spacial score (nSPS) is 10.5. The maximum Gasteiger partial charge on any atom is 0.252 e. The van der Waals surface area contributed by atoms with Gasteiger partial charge in [0, 0.05) is 22.9 Å². The number of phenolic OH excluding ortho intramolecular Hbond substituents is 2. The van der Waals surface area contributed by atoms with Crippen molar-refractivity contribution in [3.8, 4) is 11.5 Å². The Morgan fingerprint density at radius 2 is 1.14 bits per heavy atom. The van der Waals surface area contributed by atoms with E-state index in [1.807, 2.05) is 0 Å². The molecule has 28 heavy (non-hydrogen) atoms. The predicted octanol–water partition coefficient (Wildman–Crippen LogP) is 1.34. The third-order valence-electron chi connectivity index (χ3n) is 3.43. The summed E-state index contributed by atoms with van der Waals surface area (Å²) in [4.78, 5) is 25.6. The third-order valence-corrected chi connectivity index (χ3v) is 5.91. The minimum Gasteiger partial charge on any atom is -0.508 e. The quantitative estimate of drug-likeness (QED) is 0.332. The number of phenols is 2. The van der Waals surface area contributed by atoms with Crippen LogP contribution in [0.3, 0.4) is 0 Å². The molecule has 2 aromatic carbocycles. The zero-order valence-electron chi connectivity index (χ0n) is 14.7. The van der Waals surface area contributed by atoms with Crippen molar-refractivity contribution >= 4 is 33.4 Å². The zero-order valence-corrected chi connectivity index (χ0v) is 16.3. The third kappa shape index (κ3) is 6.06. The van der Waals surface area contributed by atoms with Gasteiger partial charge in [0.2, 0.25) is 0 Å². The van der Waals surface area contributed by atoms with Gasteiger partial charge in [0.1, 0.15) is 11.5 Å². The van der Waals surface area contributed by atoms with Crippen LogP contribution in [-0.4, -0.2) is 58.5 Å². The lowest BCUT2D eigenvalue weighted by atomic mass is 10.2. The summed E-state index contributed by atoms with van der Waals surface area (Å²) >= 11 is 0. The molecule has 0 saturated heterocycles. The second-order valence-corrected chi connectivity index (χ2v) is 7.70. The van der Waals surface area contributed by atoms with Gasteiger partial charge in [0.25, 0.3) is 11.8 Å². The molecule has 0 spiro atoms. The van der Waals surface area contributed by atoms with Crippen LogP contribution in [0.2, 0.25) is 0 Å². The van der Waals surface area contributed by atoms with Gasteiger partial charge in [0.05, 0.1) is 24.3 Å². The highest BCUT2D eigenvalue weighted by Crippen LogP contribution is 2.42. The molecule has 0 heterocycles. The van der Waals surface area contributed by atoms with E-state index < -0.39 is 11.8 Å². The van der Waals surface area contributed by atoms with Crippen LogP contribution in [0.5, 0.6) is 11.5 Å². The van der Waals surface area contributed by atoms with Crippen LogP contribution < -0.4 is 10.6 Å². The summed E-state index contributed by atoms with van der Waals surface area (Å²) in [6.07, 6.45) is 0. The number of benzene rings is 2. The Bertz CT molecular complexity index is 777. The fraction of sp³-hybridized carbons (Fsp3) is 0.222. The van der Waals surface area contributed by atoms with Crippen molar-refractivity contribution in [2.45, 2.75) is 9.79 Å². The SMILES string of the molecule is O=C(NCCO)c1cc(O)ccc1SSc1ccc(O)cc1C(=O)NCCO. The smallest absolute Gasteiger partial charge is 0.252 e. The average Bonchev–Trinajstić information content (AvgIpc) is 2.69. The van der Waals surface area contributed by atoms with Crippen molar-refractivity contribution in [3.63, 3.8) is 0 Å². The molecule has 8 nitrogen and oxygen atoms in total. The number of hydrogen-bond donors (Lipinski definition) is 6. The predicted molar refractivity (Wildman–Crippen MR) is 107 cm³/mol. The summed E-state index contributed by atoms with van der Waals surface area (Å²) in [5, 5.41) is 42.1. The summed E-state index contributed by atoms with van der Waals surface area (Å²) < 4.78 is 0. The molecule has 0 aliphatic carbocycles. The van der Waals surface area contributed by atoms with Gasteiger partial charge in [-0.05, 0) is 36.4 Å². The average molecular weight is 425 g/mol. The highest BCUT2D eigenvalue weighted by Gasteiger charge is 2.17. The molecule has 2 aromatic rings. The van der Waals surface area contributed by atoms with Crippen molar-refractivity contribution < 1.29 is 30.0 Å². The van der Waals surface area contributed by atoms with Crippen molar-refractivity contribution in [2.24, 2.45) is 0 Å². The van der Waals surface area contributed by atoms with E-state index in [4.69, 9.17) is 10.2 Å². The van der Waals surface area contributed by atoms with Crippen molar-refractivity contribution in [1.82, 2.24) is 10.6 Å². The molecule has 2 amide bonds. The van der Waals surface area contributed by atoms with E-state index in [1.165, 1.54) is 45.9 Å². The van der Waals surface area contributed by atoms with E-state index in [0.29, 0.717) is 9.79 Å². The van der Waals surface area contributed by atoms with Crippen LogP contribution in [-0.2, 0) is 0 Å². The lowest BCUT2D eigenvalue weighted by Crippen LogP contribution is -2.27. The Kier molecular flexibility index (Phi) is 8.45. The molecule has 0 fully saturated rings. The Balaban J connectivity index is 2.22. The minimum absolute atomic E-state index is 0.0720. The molecule has 10 heteroatoms. The van der Waals surface area contributed by atoms with E-state index in [2.05, 4.69) is 10.6 Å². The first kappa shape index (κ1) is 21.9. The first-order valence-corrected chi connectivity index (χ1v) is 10.4. The lowest BCUT2D eigenvalue weighted by Gasteiger charge is -2.12. The van der Waals surface area contributed by atoms with E-state index in [9.17, 15) is 19.8 Å². The van der Waals surface area contributed by atoms with Crippen molar-refractivity contribution in [2.75, 3.05) is 26.3 Å². The highest BCUT2D eigenvalue weighted by molar-refractivity contribution is 8.76. The molecule has 0 bridgehead atoms. The first-order valence-electron chi connectivity index (χ1n) is 8.25. The summed E-state index contributed by atoms with van der Waals surface area (Å²) in [6.45, 7) is -0.249. The number of nitrogens with one attached hydrogen (secondary N) is 2. The number of aliphatic hydroxyl groups is 2. The van der Waals surface area contributed by atoms with Crippen molar-refractivity contribution in [1.29, 1.82) is 0 Å². The first-order chi connectivity index (χ1) is 13.5. The number of amides is 2. The van der Waals surface area contributed by atoms with Crippen LogP contribution in [0.1, 0.15) is 20.7 Å². The van der Waals surface area contributed by atoms with Crippen molar-refractivity contribution in [3.05, 3.63) is 47.5 Å². The number of aliphatic hydroxyl groups excluding tert-OH is 2. The maximum atomic E-state index is 12.2. The molecular formula is C18H20N2O6S2. The van der Waals surface area contributed by atoms with Crippen LogP contribution in [0.15, 0.2) is 46.2 Å². The number of carbonyl (C=O) groups excluding carboxylic acids is 2. The van der Waals surface area contributed by atoms with Crippen LogP contribution in [0.25, 0.3) is 0 Å². The number of hydrogen-bond acceptors (Lipinski definition) is 8. The molecular weight excluding hydrogens is 404 g/mol.